The van der Waals surface area contributed by atoms with Crippen molar-refractivity contribution < 1.29 is 4.79 Å². The van der Waals surface area contributed by atoms with E-state index in [4.69, 9.17) is 0 Å². The number of hydrogen-bond acceptors (Lipinski definition) is 6. The highest BCUT2D eigenvalue weighted by atomic mass is 16.1. The molecule has 7 heteroatoms. The molecule has 0 spiro atoms. The van der Waals surface area contributed by atoms with Gasteiger partial charge in [-0.15, -0.1) is 0 Å². The highest BCUT2D eigenvalue weighted by molar-refractivity contribution is 5.84. The number of carbonyl (C=O) groups is 1. The maximum Gasteiger partial charge on any atom is 0.227 e. The molecule has 25 heavy (non-hydrogen) atoms. The van der Waals surface area contributed by atoms with Crippen LogP contribution in [0.2, 0.25) is 0 Å². The van der Waals surface area contributed by atoms with E-state index in [1.807, 2.05) is 6.07 Å². The van der Waals surface area contributed by atoms with Crippen molar-refractivity contribution in [2.24, 2.45) is 11.3 Å². The minimum Gasteiger partial charge on any atom is -0.339 e. The van der Waals surface area contributed by atoms with E-state index in [0.29, 0.717) is 23.6 Å². The second-order valence-corrected chi connectivity index (χ2v) is 7.84. The Morgan fingerprint density at radius 3 is 2.96 bits per heavy atom. The van der Waals surface area contributed by atoms with Gasteiger partial charge < -0.3 is 10.2 Å². The molecule has 130 valence electrons. The zero-order valence-electron chi connectivity index (χ0n) is 14.3. The zero-order chi connectivity index (χ0) is 17.0. The number of nitrogens with one attached hydrogen (secondary N) is 2. The molecule has 2 aromatic heterocycles. The number of carbonyl (C=O) groups excluding carboxylic acids is 1. The Labute approximate surface area is 146 Å². The first kappa shape index (κ1) is 14.9. The van der Waals surface area contributed by atoms with E-state index in [1.54, 1.807) is 13.1 Å². The number of fused-ring (bicyclic) bond motifs is 2. The third kappa shape index (κ3) is 2.58. The monoisotopic (exact) mass is 338 g/mol. The predicted molar refractivity (Wildman–Crippen MR) is 93.9 cm³/mol. The summed E-state index contributed by atoms with van der Waals surface area (Å²) in [5.41, 5.74) is 1.02. The topological polar surface area (TPSA) is 86.8 Å². The SMILES string of the molecule is CC(=O)C12CC(CN(c3nccc(Nc4cc(C5CC5)[nH]n4)n3)C1)C2. The summed E-state index contributed by atoms with van der Waals surface area (Å²) >= 11 is 0. The molecule has 0 radical (unpaired) electrons. The number of Topliss-reactive ketones (excluding diaryl/α,β-unsaturated/α-hetero) is 1. The predicted octanol–water partition coefficient (Wildman–Crippen LogP) is 2.63. The summed E-state index contributed by atoms with van der Waals surface area (Å²) in [6.07, 6.45) is 6.29. The largest absolute Gasteiger partial charge is 0.339 e. The number of hydrogen-bond donors (Lipinski definition) is 2. The number of aromatic amines is 1. The number of rotatable bonds is 5. The molecule has 2 bridgehead atoms. The van der Waals surface area contributed by atoms with Crippen molar-refractivity contribution in [2.45, 2.75) is 38.5 Å². The van der Waals surface area contributed by atoms with Gasteiger partial charge in [0.2, 0.25) is 5.95 Å². The van der Waals surface area contributed by atoms with Crippen molar-refractivity contribution in [2.75, 3.05) is 23.3 Å². The summed E-state index contributed by atoms with van der Waals surface area (Å²) in [6.45, 7) is 3.39. The van der Waals surface area contributed by atoms with Crippen LogP contribution in [0.4, 0.5) is 17.6 Å². The number of piperidine rings is 2. The molecule has 0 aromatic carbocycles. The quantitative estimate of drug-likeness (QED) is 0.871. The maximum absolute atomic E-state index is 12.0. The molecule has 0 unspecified atom stereocenters. The molecule has 2 saturated carbocycles. The lowest BCUT2D eigenvalue weighted by Gasteiger charge is -2.55. The van der Waals surface area contributed by atoms with Gasteiger partial charge in [-0.3, -0.25) is 9.89 Å². The van der Waals surface area contributed by atoms with E-state index in [9.17, 15) is 4.79 Å². The van der Waals surface area contributed by atoms with Crippen LogP contribution >= 0.6 is 0 Å². The van der Waals surface area contributed by atoms with Crippen LogP contribution in [-0.2, 0) is 4.79 Å². The molecule has 0 atom stereocenters. The lowest BCUT2D eigenvalue weighted by molar-refractivity contribution is -0.135. The van der Waals surface area contributed by atoms with Crippen LogP contribution in [-0.4, -0.2) is 39.0 Å². The molecule has 2 aliphatic heterocycles. The highest BCUT2D eigenvalue weighted by Crippen LogP contribution is 2.51. The Morgan fingerprint density at radius 1 is 1.36 bits per heavy atom. The minimum atomic E-state index is -0.170. The lowest BCUT2D eigenvalue weighted by atomic mass is 9.57. The second kappa shape index (κ2) is 5.28. The zero-order valence-corrected chi connectivity index (χ0v) is 14.3. The van der Waals surface area contributed by atoms with Gasteiger partial charge in [0.15, 0.2) is 5.82 Å². The van der Waals surface area contributed by atoms with Crippen LogP contribution < -0.4 is 10.2 Å². The first-order valence-electron chi connectivity index (χ1n) is 9.03. The fraction of sp³-hybridized carbons (Fsp3) is 0.556. The summed E-state index contributed by atoms with van der Waals surface area (Å²) in [4.78, 5) is 23.2. The van der Waals surface area contributed by atoms with Crippen LogP contribution in [0, 0.1) is 11.3 Å². The summed E-state index contributed by atoms with van der Waals surface area (Å²) < 4.78 is 0. The van der Waals surface area contributed by atoms with Crippen molar-refractivity contribution in [3.8, 4) is 0 Å². The molecule has 2 aliphatic carbocycles. The second-order valence-electron chi connectivity index (χ2n) is 7.84. The van der Waals surface area contributed by atoms with E-state index < -0.39 is 0 Å². The van der Waals surface area contributed by atoms with Crippen LogP contribution in [0.15, 0.2) is 18.3 Å². The number of ketones is 1. The molecule has 7 nitrogen and oxygen atoms in total. The normalized spacial score (nSPS) is 27.7. The van der Waals surface area contributed by atoms with E-state index in [1.165, 1.54) is 18.5 Å². The van der Waals surface area contributed by atoms with Crippen LogP contribution in [0.3, 0.4) is 0 Å². The van der Waals surface area contributed by atoms with Crippen molar-refractivity contribution in [3.63, 3.8) is 0 Å². The smallest absolute Gasteiger partial charge is 0.227 e. The summed E-state index contributed by atoms with van der Waals surface area (Å²) in [6, 6.07) is 3.90. The molecule has 0 amide bonds. The van der Waals surface area contributed by atoms with Crippen molar-refractivity contribution in [1.29, 1.82) is 0 Å². The van der Waals surface area contributed by atoms with Gasteiger partial charge in [0.05, 0.1) is 0 Å². The maximum atomic E-state index is 12.0. The van der Waals surface area contributed by atoms with Crippen molar-refractivity contribution >= 4 is 23.4 Å². The first-order chi connectivity index (χ1) is 12.1. The molecule has 2 saturated heterocycles. The molecular formula is C18H22N6O. The van der Waals surface area contributed by atoms with Gasteiger partial charge >= 0.3 is 0 Å². The van der Waals surface area contributed by atoms with Gasteiger partial charge in [-0.1, -0.05) is 0 Å². The van der Waals surface area contributed by atoms with Gasteiger partial charge in [-0.25, -0.2) is 4.98 Å². The van der Waals surface area contributed by atoms with Crippen LogP contribution in [0.5, 0.6) is 0 Å². The third-order valence-corrected chi connectivity index (χ3v) is 5.87. The average Bonchev–Trinajstić information content (AvgIpc) is 3.34. The Morgan fingerprint density at radius 2 is 2.20 bits per heavy atom. The van der Waals surface area contributed by atoms with E-state index >= 15 is 0 Å². The number of anilines is 3. The molecule has 4 aliphatic rings. The molecule has 2 aromatic rings. The van der Waals surface area contributed by atoms with Crippen LogP contribution in [0.25, 0.3) is 0 Å². The number of aromatic nitrogens is 4. The Hall–Kier alpha value is -2.44. The fourth-order valence-corrected chi connectivity index (χ4v) is 4.30. The van der Waals surface area contributed by atoms with Gasteiger partial charge in [-0.05, 0) is 44.6 Å². The van der Waals surface area contributed by atoms with Gasteiger partial charge in [0, 0.05) is 42.4 Å². The summed E-state index contributed by atoms with van der Waals surface area (Å²) in [7, 11) is 0. The minimum absolute atomic E-state index is 0.170. The number of H-pyrrole nitrogens is 1. The Balaban J connectivity index is 1.33. The third-order valence-electron chi connectivity index (χ3n) is 5.87. The average molecular weight is 338 g/mol. The molecule has 6 rings (SSSR count). The highest BCUT2D eigenvalue weighted by Gasteiger charge is 2.53. The van der Waals surface area contributed by atoms with Crippen LogP contribution in [0.1, 0.15) is 44.2 Å². The van der Waals surface area contributed by atoms with E-state index in [2.05, 4.69) is 36.4 Å². The van der Waals surface area contributed by atoms with Gasteiger partial charge in [-0.2, -0.15) is 10.1 Å². The lowest BCUT2D eigenvalue weighted by Crippen LogP contribution is -2.60. The fourth-order valence-electron chi connectivity index (χ4n) is 4.30. The van der Waals surface area contributed by atoms with E-state index in [0.717, 1.165) is 37.6 Å². The first-order valence-corrected chi connectivity index (χ1v) is 9.03. The molecule has 2 N–H and O–H groups in total. The van der Waals surface area contributed by atoms with E-state index in [-0.39, 0.29) is 5.41 Å². The summed E-state index contributed by atoms with van der Waals surface area (Å²) in [5, 5.41) is 10.7. The Kier molecular flexibility index (Phi) is 3.14. The van der Waals surface area contributed by atoms with Gasteiger partial charge in [0.25, 0.3) is 0 Å². The van der Waals surface area contributed by atoms with Crippen molar-refractivity contribution in [3.05, 3.63) is 24.0 Å². The summed E-state index contributed by atoms with van der Waals surface area (Å²) in [5.74, 6) is 3.74. The number of nitrogens with zero attached hydrogens (tertiary/aromatic N) is 4. The molecule has 4 heterocycles. The van der Waals surface area contributed by atoms with Gasteiger partial charge in [0.1, 0.15) is 11.6 Å². The standard InChI is InChI=1S/C18H22N6O/c1-11(25)18-7-12(8-18)9-24(10-18)17-19-5-4-15(21-17)20-16-6-14(22-23-16)13-2-3-13/h4-6,12-13H,2-3,7-10H2,1H3,(H2,19,20,21,22,23). The molecular weight excluding hydrogens is 316 g/mol. The molecule has 4 fully saturated rings. The van der Waals surface area contributed by atoms with Crippen molar-refractivity contribution in [1.82, 2.24) is 20.2 Å². The Bertz CT molecular complexity index is 820.